The normalized spacial score (nSPS) is 14.5. The number of halogens is 1. The van der Waals surface area contributed by atoms with Gasteiger partial charge in [0.2, 0.25) is 0 Å². The summed E-state index contributed by atoms with van der Waals surface area (Å²) in [6.07, 6.45) is 1.65. The van der Waals surface area contributed by atoms with Crippen molar-refractivity contribution < 1.29 is 9.18 Å². The van der Waals surface area contributed by atoms with E-state index in [9.17, 15) is 9.18 Å². The predicted molar refractivity (Wildman–Crippen MR) is 106 cm³/mol. The number of pyridine rings is 1. The Morgan fingerprint density at radius 3 is 2.63 bits per heavy atom. The van der Waals surface area contributed by atoms with Crippen molar-refractivity contribution in [1.29, 1.82) is 0 Å². The number of carbonyl (C=O) groups excluding carboxylic acids is 1. The molecule has 0 bridgehead atoms. The molecule has 0 spiro atoms. The number of carbonyl (C=O) groups is 1. The maximum Gasteiger partial charge on any atom is 0.254 e. The Bertz CT molecular complexity index is 774. The van der Waals surface area contributed by atoms with Gasteiger partial charge in [0.25, 0.3) is 5.91 Å². The molecule has 1 saturated heterocycles. The Morgan fingerprint density at radius 1 is 1.19 bits per heavy atom. The van der Waals surface area contributed by atoms with Gasteiger partial charge >= 0.3 is 0 Å². The third-order valence-corrected chi connectivity index (χ3v) is 4.63. The number of aromatic nitrogens is 1. The van der Waals surface area contributed by atoms with E-state index in [1.54, 1.807) is 30.5 Å². The lowest BCUT2D eigenvalue weighted by Gasteiger charge is -2.36. The van der Waals surface area contributed by atoms with Gasteiger partial charge in [-0.15, -0.1) is 0 Å². The van der Waals surface area contributed by atoms with Crippen LogP contribution >= 0.6 is 0 Å². The predicted octanol–water partition coefficient (Wildman–Crippen LogP) is 2.16. The zero-order valence-corrected chi connectivity index (χ0v) is 15.9. The highest BCUT2D eigenvalue weighted by molar-refractivity contribution is 5.95. The highest BCUT2D eigenvalue weighted by atomic mass is 19.1. The quantitative estimate of drug-likeness (QED) is 0.843. The van der Waals surface area contributed by atoms with Crippen LogP contribution < -0.4 is 10.2 Å². The second kappa shape index (κ2) is 8.81. The van der Waals surface area contributed by atoms with Crippen LogP contribution in [0.5, 0.6) is 0 Å². The molecule has 2 heterocycles. The van der Waals surface area contributed by atoms with Gasteiger partial charge in [0.05, 0.1) is 5.69 Å². The molecule has 1 aromatic heterocycles. The van der Waals surface area contributed by atoms with Gasteiger partial charge in [-0.2, -0.15) is 0 Å². The molecular weight excluding hydrogens is 345 g/mol. The lowest BCUT2D eigenvalue weighted by Crippen LogP contribution is -2.49. The van der Waals surface area contributed by atoms with Crippen molar-refractivity contribution >= 4 is 17.4 Å². The van der Waals surface area contributed by atoms with E-state index >= 15 is 0 Å². The van der Waals surface area contributed by atoms with E-state index in [0.717, 1.165) is 13.1 Å². The SMILES string of the molecule is CN(C)CCNc1cc(C(=O)N2CCN(c3ccccc3F)CC2)ccn1. The van der Waals surface area contributed by atoms with Crippen LogP contribution in [0.1, 0.15) is 10.4 Å². The summed E-state index contributed by atoms with van der Waals surface area (Å²) in [5, 5.41) is 3.24. The number of amides is 1. The van der Waals surface area contributed by atoms with E-state index < -0.39 is 0 Å². The summed E-state index contributed by atoms with van der Waals surface area (Å²) in [4.78, 5) is 23.0. The van der Waals surface area contributed by atoms with E-state index in [2.05, 4.69) is 15.2 Å². The van der Waals surface area contributed by atoms with Gasteiger partial charge in [-0.3, -0.25) is 4.79 Å². The second-order valence-corrected chi connectivity index (χ2v) is 6.89. The smallest absolute Gasteiger partial charge is 0.254 e. The van der Waals surface area contributed by atoms with Gasteiger partial charge in [0, 0.05) is 51.0 Å². The summed E-state index contributed by atoms with van der Waals surface area (Å²) in [7, 11) is 4.02. The molecule has 1 fully saturated rings. The first-order chi connectivity index (χ1) is 13.0. The highest BCUT2D eigenvalue weighted by Crippen LogP contribution is 2.21. The zero-order valence-electron chi connectivity index (χ0n) is 15.9. The number of hydrogen-bond donors (Lipinski definition) is 1. The number of hydrogen-bond acceptors (Lipinski definition) is 5. The molecule has 1 aromatic carbocycles. The molecule has 1 amide bonds. The first-order valence-electron chi connectivity index (χ1n) is 9.18. The van der Waals surface area contributed by atoms with Crippen LogP contribution in [0.3, 0.4) is 0 Å². The molecule has 0 radical (unpaired) electrons. The van der Waals surface area contributed by atoms with Crippen LogP contribution in [-0.2, 0) is 0 Å². The van der Waals surface area contributed by atoms with Gasteiger partial charge in [-0.1, -0.05) is 12.1 Å². The van der Waals surface area contributed by atoms with Crippen LogP contribution in [0.15, 0.2) is 42.6 Å². The molecule has 1 aliphatic heterocycles. The van der Waals surface area contributed by atoms with Crippen LogP contribution in [0.25, 0.3) is 0 Å². The first-order valence-corrected chi connectivity index (χ1v) is 9.18. The summed E-state index contributed by atoms with van der Waals surface area (Å²) in [6.45, 7) is 4.02. The molecule has 2 aromatic rings. The number of para-hydroxylation sites is 1. The molecule has 7 heteroatoms. The Hall–Kier alpha value is -2.67. The zero-order chi connectivity index (χ0) is 19.2. The molecule has 1 aliphatic rings. The molecule has 0 atom stereocenters. The number of nitrogens with one attached hydrogen (secondary N) is 1. The summed E-state index contributed by atoms with van der Waals surface area (Å²) in [5.41, 5.74) is 1.22. The highest BCUT2D eigenvalue weighted by Gasteiger charge is 2.23. The average Bonchev–Trinajstić information content (AvgIpc) is 2.68. The maximum absolute atomic E-state index is 14.0. The number of anilines is 2. The second-order valence-electron chi connectivity index (χ2n) is 6.89. The van der Waals surface area contributed by atoms with E-state index in [0.29, 0.717) is 43.2 Å². The summed E-state index contributed by atoms with van der Waals surface area (Å²) < 4.78 is 14.0. The number of likely N-dealkylation sites (N-methyl/N-ethyl adjacent to an activating group) is 1. The van der Waals surface area contributed by atoms with Gasteiger partial charge in [-0.05, 0) is 38.4 Å². The monoisotopic (exact) mass is 371 g/mol. The average molecular weight is 371 g/mol. The molecule has 1 N–H and O–H groups in total. The van der Waals surface area contributed by atoms with Gasteiger partial charge in [-0.25, -0.2) is 9.37 Å². The van der Waals surface area contributed by atoms with Crippen molar-refractivity contribution in [2.45, 2.75) is 0 Å². The third kappa shape index (κ3) is 4.95. The fraction of sp³-hybridized carbons (Fsp3) is 0.400. The molecule has 6 nitrogen and oxygen atoms in total. The molecule has 27 heavy (non-hydrogen) atoms. The van der Waals surface area contributed by atoms with E-state index in [-0.39, 0.29) is 11.7 Å². The number of nitrogens with zero attached hydrogens (tertiary/aromatic N) is 4. The van der Waals surface area contributed by atoms with Crippen LogP contribution in [0.4, 0.5) is 15.9 Å². The molecule has 0 aliphatic carbocycles. The summed E-state index contributed by atoms with van der Waals surface area (Å²) >= 11 is 0. The van der Waals surface area contributed by atoms with Gasteiger partial charge in [0.1, 0.15) is 11.6 Å². The van der Waals surface area contributed by atoms with Crippen molar-refractivity contribution in [2.24, 2.45) is 0 Å². The minimum Gasteiger partial charge on any atom is -0.369 e. The van der Waals surface area contributed by atoms with Crippen molar-refractivity contribution in [3.63, 3.8) is 0 Å². The van der Waals surface area contributed by atoms with Gasteiger partial charge < -0.3 is 20.0 Å². The summed E-state index contributed by atoms with van der Waals surface area (Å²) in [6, 6.07) is 10.3. The fourth-order valence-corrected chi connectivity index (χ4v) is 3.11. The standard InChI is InChI=1S/C20H26FN5O/c1-24(2)10-9-23-19-15-16(7-8-22-19)20(27)26-13-11-25(12-14-26)18-6-4-3-5-17(18)21/h3-8,15H,9-14H2,1-2H3,(H,22,23). The van der Waals surface area contributed by atoms with Crippen molar-refractivity contribution in [3.8, 4) is 0 Å². The first kappa shape index (κ1) is 19.1. The lowest BCUT2D eigenvalue weighted by molar-refractivity contribution is 0.0746. The number of benzene rings is 1. The Kier molecular flexibility index (Phi) is 6.24. The Balaban J connectivity index is 1.58. The van der Waals surface area contributed by atoms with Crippen LogP contribution in [0.2, 0.25) is 0 Å². The minimum absolute atomic E-state index is 0.0127. The van der Waals surface area contributed by atoms with Crippen molar-refractivity contribution in [2.75, 3.05) is 63.6 Å². The molecule has 3 rings (SSSR count). The third-order valence-electron chi connectivity index (χ3n) is 4.63. The fourth-order valence-electron chi connectivity index (χ4n) is 3.11. The van der Waals surface area contributed by atoms with E-state index in [1.807, 2.05) is 30.0 Å². The minimum atomic E-state index is -0.222. The van der Waals surface area contributed by atoms with Crippen LogP contribution in [-0.4, -0.2) is 74.1 Å². The maximum atomic E-state index is 14.0. The Morgan fingerprint density at radius 2 is 1.93 bits per heavy atom. The summed E-state index contributed by atoms with van der Waals surface area (Å²) in [5.74, 6) is 0.466. The van der Waals surface area contributed by atoms with Gasteiger partial charge in [0.15, 0.2) is 0 Å². The van der Waals surface area contributed by atoms with E-state index in [4.69, 9.17) is 0 Å². The number of rotatable bonds is 6. The lowest BCUT2D eigenvalue weighted by atomic mass is 10.2. The van der Waals surface area contributed by atoms with Crippen molar-refractivity contribution in [3.05, 3.63) is 54.0 Å². The molecule has 0 unspecified atom stereocenters. The molecule has 0 saturated carbocycles. The van der Waals surface area contributed by atoms with Crippen molar-refractivity contribution in [1.82, 2.24) is 14.8 Å². The largest absolute Gasteiger partial charge is 0.369 e. The topological polar surface area (TPSA) is 51.7 Å². The Labute approximate surface area is 159 Å². The molecule has 144 valence electrons. The van der Waals surface area contributed by atoms with E-state index in [1.165, 1.54) is 6.07 Å². The number of piperazine rings is 1. The van der Waals surface area contributed by atoms with Crippen LogP contribution in [0, 0.1) is 5.82 Å². The molecular formula is C20H26FN5O.